The second-order valence-electron chi connectivity index (χ2n) is 7.54. The number of amides is 1. The van der Waals surface area contributed by atoms with Crippen molar-refractivity contribution in [2.24, 2.45) is 5.73 Å². The Bertz CT molecular complexity index is 1210. The van der Waals surface area contributed by atoms with Crippen molar-refractivity contribution in [2.75, 3.05) is 13.1 Å². The van der Waals surface area contributed by atoms with Crippen LogP contribution in [0.3, 0.4) is 0 Å². The lowest BCUT2D eigenvalue weighted by atomic mass is 9.85. The molecule has 0 unspecified atom stereocenters. The van der Waals surface area contributed by atoms with Crippen molar-refractivity contribution in [1.82, 2.24) is 20.5 Å². The molecule has 2 aromatic carbocycles. The summed E-state index contributed by atoms with van der Waals surface area (Å²) in [6.45, 7) is 0.906. The highest BCUT2D eigenvalue weighted by atomic mass is 16.1. The molecule has 0 atom stereocenters. The summed E-state index contributed by atoms with van der Waals surface area (Å²) >= 11 is 0. The van der Waals surface area contributed by atoms with Crippen LogP contribution >= 0.6 is 0 Å². The summed E-state index contributed by atoms with van der Waals surface area (Å²) in [5, 5.41) is 12.5. The molecule has 146 valence electrons. The molecule has 29 heavy (non-hydrogen) atoms. The zero-order valence-corrected chi connectivity index (χ0v) is 16.2. The van der Waals surface area contributed by atoms with Crippen LogP contribution in [0.25, 0.3) is 33.1 Å². The SMILES string of the molecule is NCCNC(=O)c1ccc(-c2nc3ccc4[nH]ncc4c3c3c2CCCC3)cc1. The maximum absolute atomic E-state index is 12.2. The van der Waals surface area contributed by atoms with Gasteiger partial charge in [0.05, 0.1) is 22.9 Å². The molecular weight excluding hydrogens is 362 g/mol. The predicted molar refractivity (Wildman–Crippen MR) is 115 cm³/mol. The summed E-state index contributed by atoms with van der Waals surface area (Å²) in [5.41, 5.74) is 13.0. The zero-order valence-electron chi connectivity index (χ0n) is 16.2. The van der Waals surface area contributed by atoms with E-state index < -0.39 is 0 Å². The summed E-state index contributed by atoms with van der Waals surface area (Å²) in [6, 6.07) is 11.8. The van der Waals surface area contributed by atoms with Gasteiger partial charge in [-0.25, -0.2) is 4.98 Å². The molecule has 0 bridgehead atoms. The van der Waals surface area contributed by atoms with Crippen molar-refractivity contribution < 1.29 is 4.79 Å². The van der Waals surface area contributed by atoms with Crippen LogP contribution in [0.15, 0.2) is 42.6 Å². The van der Waals surface area contributed by atoms with E-state index in [9.17, 15) is 4.79 Å². The molecule has 1 aliphatic carbocycles. The molecule has 4 N–H and O–H groups in total. The Kier molecular flexibility index (Phi) is 4.48. The van der Waals surface area contributed by atoms with Gasteiger partial charge >= 0.3 is 0 Å². The van der Waals surface area contributed by atoms with E-state index in [1.54, 1.807) is 0 Å². The Labute approximate surface area is 168 Å². The van der Waals surface area contributed by atoms with Crippen LogP contribution in [0.1, 0.15) is 34.3 Å². The number of H-pyrrole nitrogens is 1. The van der Waals surface area contributed by atoms with Crippen LogP contribution in [0.2, 0.25) is 0 Å². The number of aromatic nitrogens is 3. The first-order valence-corrected chi connectivity index (χ1v) is 10.1. The van der Waals surface area contributed by atoms with E-state index in [1.807, 2.05) is 36.5 Å². The number of hydrogen-bond acceptors (Lipinski definition) is 4. The van der Waals surface area contributed by atoms with Crippen LogP contribution < -0.4 is 11.1 Å². The number of pyridine rings is 1. The maximum Gasteiger partial charge on any atom is 0.251 e. The Morgan fingerprint density at radius 1 is 1.07 bits per heavy atom. The zero-order chi connectivity index (χ0) is 19.8. The highest BCUT2D eigenvalue weighted by Crippen LogP contribution is 2.37. The van der Waals surface area contributed by atoms with Crippen LogP contribution in [0.5, 0.6) is 0 Å². The summed E-state index contributed by atoms with van der Waals surface area (Å²) in [5.74, 6) is -0.0992. The molecule has 1 amide bonds. The topological polar surface area (TPSA) is 96.7 Å². The molecule has 0 aliphatic heterocycles. The van der Waals surface area contributed by atoms with Crippen molar-refractivity contribution in [2.45, 2.75) is 25.7 Å². The number of nitrogens with one attached hydrogen (secondary N) is 2. The van der Waals surface area contributed by atoms with Crippen molar-refractivity contribution in [1.29, 1.82) is 0 Å². The average Bonchev–Trinajstić information content (AvgIpc) is 3.26. The Hall–Kier alpha value is -3.25. The summed E-state index contributed by atoms with van der Waals surface area (Å²) in [7, 11) is 0. The molecule has 6 heteroatoms. The molecule has 0 fully saturated rings. The number of fused-ring (bicyclic) bond motifs is 5. The van der Waals surface area contributed by atoms with E-state index >= 15 is 0 Å². The molecule has 4 aromatic rings. The Morgan fingerprint density at radius 2 is 1.86 bits per heavy atom. The fourth-order valence-electron chi connectivity index (χ4n) is 4.35. The normalized spacial score (nSPS) is 13.6. The van der Waals surface area contributed by atoms with Crippen molar-refractivity contribution >= 4 is 27.7 Å². The van der Waals surface area contributed by atoms with Crippen LogP contribution in [0, 0.1) is 0 Å². The molecular formula is C23H23N5O. The van der Waals surface area contributed by atoms with Crippen LogP contribution in [-0.2, 0) is 12.8 Å². The van der Waals surface area contributed by atoms with Crippen molar-refractivity contribution in [3.8, 4) is 11.3 Å². The fourth-order valence-corrected chi connectivity index (χ4v) is 4.35. The van der Waals surface area contributed by atoms with Crippen molar-refractivity contribution in [3.05, 3.63) is 59.3 Å². The number of rotatable bonds is 4. The molecule has 1 aliphatic rings. The molecule has 5 rings (SSSR count). The number of aryl methyl sites for hydroxylation is 1. The molecule has 0 radical (unpaired) electrons. The van der Waals surface area contributed by atoms with Gasteiger partial charge in [0.25, 0.3) is 5.91 Å². The summed E-state index contributed by atoms with van der Waals surface area (Å²) < 4.78 is 0. The number of carbonyl (C=O) groups excluding carboxylic acids is 1. The van der Waals surface area contributed by atoms with Gasteiger partial charge in [0, 0.05) is 35.0 Å². The second-order valence-corrected chi connectivity index (χ2v) is 7.54. The number of carbonyl (C=O) groups is 1. The van der Waals surface area contributed by atoms with Gasteiger partial charge in [-0.3, -0.25) is 9.89 Å². The number of aromatic amines is 1. The number of nitrogens with zero attached hydrogens (tertiary/aromatic N) is 2. The number of benzene rings is 2. The third kappa shape index (κ3) is 3.06. The monoisotopic (exact) mass is 385 g/mol. The van der Waals surface area contributed by atoms with Crippen molar-refractivity contribution in [3.63, 3.8) is 0 Å². The Morgan fingerprint density at radius 3 is 2.66 bits per heavy atom. The summed E-state index contributed by atoms with van der Waals surface area (Å²) in [6.07, 6.45) is 6.36. The van der Waals surface area contributed by atoms with E-state index in [2.05, 4.69) is 21.6 Å². The van der Waals surface area contributed by atoms with E-state index in [4.69, 9.17) is 10.7 Å². The largest absolute Gasteiger partial charge is 0.351 e. The van der Waals surface area contributed by atoms with E-state index in [1.165, 1.54) is 29.4 Å². The predicted octanol–water partition coefficient (Wildman–Crippen LogP) is 3.35. The van der Waals surface area contributed by atoms with Gasteiger partial charge in [0.15, 0.2) is 0 Å². The first-order chi connectivity index (χ1) is 14.3. The molecule has 0 saturated heterocycles. The number of hydrogen-bond donors (Lipinski definition) is 3. The average molecular weight is 385 g/mol. The first-order valence-electron chi connectivity index (χ1n) is 10.1. The standard InChI is InChI=1S/C23H23N5O/c24-11-12-25-23(29)15-7-5-14(6-8-15)22-17-4-2-1-3-16(17)21-18-13-26-28-19(18)9-10-20(21)27-22/h5-10,13H,1-4,11-12,24H2,(H,25,29)(H,26,28). The van der Waals surface area contributed by atoms with E-state index in [-0.39, 0.29) is 5.91 Å². The highest BCUT2D eigenvalue weighted by Gasteiger charge is 2.21. The van der Waals surface area contributed by atoms with E-state index in [0.717, 1.165) is 40.5 Å². The van der Waals surface area contributed by atoms with Crippen LogP contribution in [0.4, 0.5) is 0 Å². The third-order valence-electron chi connectivity index (χ3n) is 5.74. The number of nitrogens with two attached hydrogens (primary N) is 1. The van der Waals surface area contributed by atoms with E-state index in [0.29, 0.717) is 18.7 Å². The Balaban J connectivity index is 1.63. The van der Waals surface area contributed by atoms with Gasteiger partial charge in [0.2, 0.25) is 0 Å². The molecule has 0 saturated carbocycles. The minimum absolute atomic E-state index is 0.0992. The van der Waals surface area contributed by atoms with Gasteiger partial charge in [-0.05, 0) is 61.1 Å². The molecule has 6 nitrogen and oxygen atoms in total. The quantitative estimate of drug-likeness (QED) is 0.502. The van der Waals surface area contributed by atoms with Gasteiger partial charge in [-0.1, -0.05) is 12.1 Å². The van der Waals surface area contributed by atoms with Gasteiger partial charge in [0.1, 0.15) is 0 Å². The first kappa shape index (κ1) is 17.8. The lowest BCUT2D eigenvalue weighted by Crippen LogP contribution is -2.28. The lowest BCUT2D eigenvalue weighted by Gasteiger charge is -2.22. The molecule has 2 heterocycles. The van der Waals surface area contributed by atoms with Crippen LogP contribution in [-0.4, -0.2) is 34.2 Å². The van der Waals surface area contributed by atoms with Gasteiger partial charge in [-0.2, -0.15) is 5.10 Å². The lowest BCUT2D eigenvalue weighted by molar-refractivity contribution is 0.0955. The second kappa shape index (κ2) is 7.29. The summed E-state index contributed by atoms with van der Waals surface area (Å²) in [4.78, 5) is 17.2. The fraction of sp³-hybridized carbons (Fsp3) is 0.261. The smallest absolute Gasteiger partial charge is 0.251 e. The van der Waals surface area contributed by atoms with Gasteiger partial charge in [-0.15, -0.1) is 0 Å². The minimum atomic E-state index is -0.0992. The molecule has 0 spiro atoms. The maximum atomic E-state index is 12.2. The highest BCUT2D eigenvalue weighted by molar-refractivity contribution is 6.07. The molecule has 2 aromatic heterocycles. The third-order valence-corrected chi connectivity index (χ3v) is 5.74. The van der Waals surface area contributed by atoms with Gasteiger partial charge < -0.3 is 11.1 Å². The minimum Gasteiger partial charge on any atom is -0.351 e.